The normalized spacial score (nSPS) is 20.1. The maximum absolute atomic E-state index is 12.1. The van der Waals surface area contributed by atoms with E-state index in [1.807, 2.05) is 0 Å². The Labute approximate surface area is 114 Å². The zero-order valence-corrected chi connectivity index (χ0v) is 11.6. The van der Waals surface area contributed by atoms with E-state index in [-0.39, 0.29) is 18.6 Å². The molecule has 1 atom stereocenters. The van der Waals surface area contributed by atoms with Crippen molar-refractivity contribution >= 4 is 11.6 Å². The van der Waals surface area contributed by atoms with E-state index in [1.165, 1.54) is 11.1 Å². The molecule has 1 saturated heterocycles. The van der Waals surface area contributed by atoms with Crippen molar-refractivity contribution in [3.05, 3.63) is 29.3 Å². The third kappa shape index (κ3) is 3.07. The van der Waals surface area contributed by atoms with E-state index >= 15 is 0 Å². The fourth-order valence-corrected chi connectivity index (χ4v) is 2.70. The molecule has 1 amide bonds. The molecule has 1 fully saturated rings. The van der Waals surface area contributed by atoms with Crippen molar-refractivity contribution in [1.82, 2.24) is 5.32 Å². The highest BCUT2D eigenvalue weighted by atomic mass is 16.3. The number of nitrogens with one attached hydrogen (secondary N) is 1. The van der Waals surface area contributed by atoms with Gasteiger partial charge in [-0.15, -0.1) is 0 Å². The number of rotatable bonds is 3. The van der Waals surface area contributed by atoms with E-state index in [4.69, 9.17) is 0 Å². The van der Waals surface area contributed by atoms with Crippen LogP contribution in [0.3, 0.4) is 0 Å². The molecule has 19 heavy (non-hydrogen) atoms. The summed E-state index contributed by atoms with van der Waals surface area (Å²) in [6.45, 7) is 5.72. The summed E-state index contributed by atoms with van der Waals surface area (Å²) in [5.74, 6) is 0.0199. The van der Waals surface area contributed by atoms with Crippen LogP contribution in [0.4, 0.5) is 5.69 Å². The SMILES string of the molecule is Cc1ccc(N2CCCNC(=O)C2CCO)c(C)c1. The zero-order chi connectivity index (χ0) is 13.8. The van der Waals surface area contributed by atoms with Crippen LogP contribution < -0.4 is 10.2 Å². The lowest BCUT2D eigenvalue weighted by molar-refractivity contribution is -0.122. The summed E-state index contributed by atoms with van der Waals surface area (Å²) in [7, 11) is 0. The number of carbonyl (C=O) groups is 1. The second-order valence-electron chi connectivity index (χ2n) is 5.16. The van der Waals surface area contributed by atoms with Crippen LogP contribution in [-0.2, 0) is 4.79 Å². The van der Waals surface area contributed by atoms with Crippen molar-refractivity contribution in [2.45, 2.75) is 32.7 Å². The molecule has 1 aliphatic heterocycles. The number of amides is 1. The smallest absolute Gasteiger partial charge is 0.242 e. The Morgan fingerprint density at radius 3 is 2.89 bits per heavy atom. The Kier molecular flexibility index (Phi) is 4.43. The minimum atomic E-state index is -0.270. The van der Waals surface area contributed by atoms with Crippen LogP contribution in [0, 0.1) is 13.8 Å². The average Bonchev–Trinajstić information content (AvgIpc) is 2.54. The van der Waals surface area contributed by atoms with Crippen molar-refractivity contribution in [2.24, 2.45) is 0 Å². The molecule has 2 rings (SSSR count). The Hall–Kier alpha value is -1.55. The molecule has 1 aromatic carbocycles. The summed E-state index contributed by atoms with van der Waals surface area (Å²) >= 11 is 0. The second-order valence-corrected chi connectivity index (χ2v) is 5.16. The first-order chi connectivity index (χ1) is 9.13. The Balaban J connectivity index is 2.34. The van der Waals surface area contributed by atoms with Gasteiger partial charge in [0.15, 0.2) is 0 Å². The molecule has 2 N–H and O–H groups in total. The monoisotopic (exact) mass is 262 g/mol. The van der Waals surface area contributed by atoms with E-state index in [0.29, 0.717) is 13.0 Å². The minimum Gasteiger partial charge on any atom is -0.396 e. The van der Waals surface area contributed by atoms with Crippen LogP contribution in [0.15, 0.2) is 18.2 Å². The molecule has 0 radical (unpaired) electrons. The first-order valence-electron chi connectivity index (χ1n) is 6.86. The van der Waals surface area contributed by atoms with Gasteiger partial charge in [-0.1, -0.05) is 17.7 Å². The molecule has 4 nitrogen and oxygen atoms in total. The zero-order valence-electron chi connectivity index (χ0n) is 11.6. The molecule has 1 heterocycles. The lowest BCUT2D eigenvalue weighted by Crippen LogP contribution is -2.45. The number of aryl methyl sites for hydroxylation is 2. The van der Waals surface area contributed by atoms with Crippen LogP contribution >= 0.6 is 0 Å². The van der Waals surface area contributed by atoms with Crippen LogP contribution in [-0.4, -0.2) is 36.8 Å². The van der Waals surface area contributed by atoms with Crippen LogP contribution in [0.5, 0.6) is 0 Å². The molecule has 0 aliphatic carbocycles. The summed E-state index contributed by atoms with van der Waals surface area (Å²) in [4.78, 5) is 14.2. The van der Waals surface area contributed by atoms with Gasteiger partial charge in [0.2, 0.25) is 5.91 Å². The lowest BCUT2D eigenvalue weighted by Gasteiger charge is -2.31. The van der Waals surface area contributed by atoms with Gasteiger partial charge in [0.1, 0.15) is 6.04 Å². The van der Waals surface area contributed by atoms with Gasteiger partial charge in [-0.2, -0.15) is 0 Å². The summed E-state index contributed by atoms with van der Waals surface area (Å²) in [5, 5.41) is 12.1. The maximum Gasteiger partial charge on any atom is 0.242 e. The van der Waals surface area contributed by atoms with Gasteiger partial charge in [-0.3, -0.25) is 4.79 Å². The van der Waals surface area contributed by atoms with Crippen LogP contribution in [0.1, 0.15) is 24.0 Å². The van der Waals surface area contributed by atoms with Crippen LogP contribution in [0.25, 0.3) is 0 Å². The van der Waals surface area contributed by atoms with E-state index in [9.17, 15) is 9.90 Å². The number of benzene rings is 1. The summed E-state index contributed by atoms with van der Waals surface area (Å²) in [6.07, 6.45) is 1.40. The first kappa shape index (κ1) is 13.9. The number of nitrogens with zero attached hydrogens (tertiary/aromatic N) is 1. The maximum atomic E-state index is 12.1. The van der Waals surface area contributed by atoms with Crippen LogP contribution in [0.2, 0.25) is 0 Å². The standard InChI is InChI=1S/C15H22N2O2/c1-11-4-5-13(12(2)10-11)17-8-3-7-16-15(19)14(17)6-9-18/h4-5,10,14,18H,3,6-9H2,1-2H3,(H,16,19). The second kappa shape index (κ2) is 6.06. The quantitative estimate of drug-likeness (QED) is 0.865. The molecule has 0 aromatic heterocycles. The molecule has 4 heteroatoms. The number of aliphatic hydroxyl groups excluding tert-OH is 1. The van der Waals surface area contributed by atoms with Gasteiger partial charge in [-0.05, 0) is 38.3 Å². The number of anilines is 1. The lowest BCUT2D eigenvalue weighted by atomic mass is 10.1. The van der Waals surface area contributed by atoms with Gasteiger partial charge in [0.25, 0.3) is 0 Å². The fraction of sp³-hybridized carbons (Fsp3) is 0.533. The third-order valence-corrected chi connectivity index (χ3v) is 3.62. The van der Waals surface area contributed by atoms with Crippen molar-refractivity contribution in [3.8, 4) is 0 Å². The van der Waals surface area contributed by atoms with Gasteiger partial charge < -0.3 is 15.3 Å². The number of hydrogen-bond donors (Lipinski definition) is 2. The number of aliphatic hydroxyl groups is 1. The Morgan fingerprint density at radius 1 is 1.42 bits per heavy atom. The molecule has 104 valence electrons. The molecular weight excluding hydrogens is 240 g/mol. The number of hydrogen-bond acceptors (Lipinski definition) is 3. The van der Waals surface area contributed by atoms with E-state index < -0.39 is 0 Å². The molecule has 1 aromatic rings. The van der Waals surface area contributed by atoms with Gasteiger partial charge in [-0.25, -0.2) is 0 Å². The molecule has 0 spiro atoms. The molecular formula is C15H22N2O2. The van der Waals surface area contributed by atoms with E-state index in [0.717, 1.165) is 18.7 Å². The van der Waals surface area contributed by atoms with Crippen molar-refractivity contribution < 1.29 is 9.90 Å². The Morgan fingerprint density at radius 2 is 2.21 bits per heavy atom. The first-order valence-corrected chi connectivity index (χ1v) is 6.86. The fourth-order valence-electron chi connectivity index (χ4n) is 2.70. The number of carbonyl (C=O) groups excluding carboxylic acids is 1. The highest BCUT2D eigenvalue weighted by molar-refractivity contribution is 5.86. The molecule has 0 saturated carbocycles. The molecule has 1 unspecified atom stereocenters. The topological polar surface area (TPSA) is 52.6 Å². The molecule has 0 bridgehead atoms. The van der Waals surface area contributed by atoms with Gasteiger partial charge in [0, 0.05) is 25.4 Å². The summed E-state index contributed by atoms with van der Waals surface area (Å²) in [6, 6.07) is 6.01. The largest absolute Gasteiger partial charge is 0.396 e. The Bertz CT molecular complexity index is 459. The highest BCUT2D eigenvalue weighted by Crippen LogP contribution is 2.25. The molecule has 1 aliphatic rings. The summed E-state index contributed by atoms with van der Waals surface area (Å²) in [5.41, 5.74) is 3.50. The third-order valence-electron chi connectivity index (χ3n) is 3.62. The average molecular weight is 262 g/mol. The van der Waals surface area contributed by atoms with Crippen molar-refractivity contribution in [1.29, 1.82) is 0 Å². The van der Waals surface area contributed by atoms with Gasteiger partial charge in [0.05, 0.1) is 0 Å². The summed E-state index contributed by atoms with van der Waals surface area (Å²) < 4.78 is 0. The predicted molar refractivity (Wildman–Crippen MR) is 76.4 cm³/mol. The van der Waals surface area contributed by atoms with E-state index in [2.05, 4.69) is 42.3 Å². The van der Waals surface area contributed by atoms with Crippen molar-refractivity contribution in [3.63, 3.8) is 0 Å². The predicted octanol–water partition coefficient (Wildman–Crippen LogP) is 1.38. The van der Waals surface area contributed by atoms with Gasteiger partial charge >= 0.3 is 0 Å². The minimum absolute atomic E-state index is 0.0199. The van der Waals surface area contributed by atoms with E-state index in [1.54, 1.807) is 0 Å². The highest BCUT2D eigenvalue weighted by Gasteiger charge is 2.28. The van der Waals surface area contributed by atoms with Crippen molar-refractivity contribution in [2.75, 3.05) is 24.6 Å².